The van der Waals surface area contributed by atoms with Gasteiger partial charge in [-0.1, -0.05) is 25.1 Å². The average Bonchev–Trinajstić information content (AvgIpc) is 2.89. The van der Waals surface area contributed by atoms with E-state index in [0.29, 0.717) is 0 Å². The molecule has 0 amide bonds. The van der Waals surface area contributed by atoms with Gasteiger partial charge in [0.15, 0.2) is 0 Å². The molecule has 1 atom stereocenters. The average molecular weight is 311 g/mol. The van der Waals surface area contributed by atoms with Gasteiger partial charge in [-0.3, -0.25) is 0 Å². The van der Waals surface area contributed by atoms with E-state index in [1.807, 2.05) is 0 Å². The minimum absolute atomic E-state index is 0.728. The number of hydrogen-bond donors (Lipinski definition) is 1. The predicted octanol–water partition coefficient (Wildman–Crippen LogP) is 3.14. The summed E-state index contributed by atoms with van der Waals surface area (Å²) in [6.07, 6.45) is 3.92. The van der Waals surface area contributed by atoms with Gasteiger partial charge in [0, 0.05) is 36.1 Å². The zero-order chi connectivity index (χ0) is 15.8. The summed E-state index contributed by atoms with van der Waals surface area (Å²) in [5, 5.41) is 4.99. The number of fused-ring (bicyclic) bond motifs is 4. The van der Waals surface area contributed by atoms with Crippen molar-refractivity contribution in [2.75, 3.05) is 32.7 Å². The molecule has 0 aliphatic carbocycles. The highest BCUT2D eigenvalue weighted by molar-refractivity contribution is 5.85. The first kappa shape index (κ1) is 15.2. The van der Waals surface area contributed by atoms with Crippen molar-refractivity contribution < 1.29 is 0 Å². The Morgan fingerprint density at radius 1 is 1.17 bits per heavy atom. The van der Waals surface area contributed by atoms with E-state index in [-0.39, 0.29) is 0 Å². The number of hydrogen-bond acceptors (Lipinski definition) is 2. The van der Waals surface area contributed by atoms with Crippen molar-refractivity contribution in [1.82, 2.24) is 14.8 Å². The van der Waals surface area contributed by atoms with E-state index < -0.39 is 0 Å². The maximum atomic E-state index is 3.52. The van der Waals surface area contributed by atoms with Crippen LogP contribution >= 0.6 is 0 Å². The molecule has 2 aromatic rings. The first-order valence-electron chi connectivity index (χ1n) is 9.28. The highest BCUT2D eigenvalue weighted by Gasteiger charge is 2.37. The van der Waals surface area contributed by atoms with E-state index in [0.717, 1.165) is 31.3 Å². The van der Waals surface area contributed by atoms with Gasteiger partial charge < -0.3 is 14.8 Å². The Kier molecular flexibility index (Phi) is 4.16. The molecule has 3 nitrogen and oxygen atoms in total. The number of benzene rings is 1. The standard InChI is InChI=1S/C20H29N3/c1-3-21-11-8-17-16-6-4-5-7-19(16)22(2)20(17)18-14-23-12-9-15(18)10-13-23/h4-7,15,18,21H,3,8-14H2,1-2H3. The number of aryl methyl sites for hydroxylation is 1. The molecule has 4 heterocycles. The second kappa shape index (κ2) is 6.29. The van der Waals surface area contributed by atoms with Crippen LogP contribution < -0.4 is 5.32 Å². The SMILES string of the molecule is CCNCCc1c(C2CN3CCC2CC3)n(C)c2ccccc12. The summed E-state index contributed by atoms with van der Waals surface area (Å²) < 4.78 is 2.50. The van der Waals surface area contributed by atoms with Crippen LogP contribution in [-0.2, 0) is 13.5 Å². The summed E-state index contributed by atoms with van der Waals surface area (Å²) in [7, 11) is 2.28. The smallest absolute Gasteiger partial charge is 0.0482 e. The van der Waals surface area contributed by atoms with Crippen LogP contribution in [0.4, 0.5) is 0 Å². The summed E-state index contributed by atoms with van der Waals surface area (Å²) in [6.45, 7) is 8.23. The Morgan fingerprint density at radius 3 is 2.65 bits per heavy atom. The normalized spacial score (nSPS) is 27.0. The molecule has 0 radical (unpaired) electrons. The summed E-state index contributed by atoms with van der Waals surface area (Å²) in [4.78, 5) is 2.68. The molecule has 3 heteroatoms. The van der Waals surface area contributed by atoms with Crippen LogP contribution in [0.2, 0.25) is 0 Å². The fourth-order valence-electron chi connectivity index (χ4n) is 4.89. The van der Waals surface area contributed by atoms with Gasteiger partial charge in [0.05, 0.1) is 0 Å². The van der Waals surface area contributed by atoms with Gasteiger partial charge in [0.25, 0.3) is 0 Å². The second-order valence-electron chi connectivity index (χ2n) is 7.29. The molecule has 5 rings (SSSR count). The van der Waals surface area contributed by atoms with Gasteiger partial charge in [0.2, 0.25) is 0 Å². The third-order valence-corrected chi connectivity index (χ3v) is 6.07. The Labute approximate surface area is 139 Å². The summed E-state index contributed by atoms with van der Waals surface area (Å²) >= 11 is 0. The Balaban J connectivity index is 1.77. The molecule has 124 valence electrons. The molecular formula is C20H29N3. The molecule has 1 N–H and O–H groups in total. The largest absolute Gasteiger partial charge is 0.347 e. The molecule has 0 spiro atoms. The lowest BCUT2D eigenvalue weighted by Crippen LogP contribution is -2.46. The predicted molar refractivity (Wildman–Crippen MR) is 97.1 cm³/mol. The van der Waals surface area contributed by atoms with Crippen LogP contribution in [0.1, 0.15) is 36.9 Å². The molecule has 3 fully saturated rings. The van der Waals surface area contributed by atoms with E-state index in [1.54, 1.807) is 11.3 Å². The molecule has 1 unspecified atom stereocenters. The maximum Gasteiger partial charge on any atom is 0.0482 e. The Hall–Kier alpha value is -1.32. The number of likely N-dealkylation sites (N-methyl/N-ethyl adjacent to an activating group) is 1. The number of aromatic nitrogens is 1. The highest BCUT2D eigenvalue weighted by Crippen LogP contribution is 2.42. The zero-order valence-corrected chi connectivity index (χ0v) is 14.5. The van der Waals surface area contributed by atoms with Crippen molar-refractivity contribution in [1.29, 1.82) is 0 Å². The monoisotopic (exact) mass is 311 g/mol. The second-order valence-corrected chi connectivity index (χ2v) is 7.29. The van der Waals surface area contributed by atoms with Crippen LogP contribution in [0, 0.1) is 5.92 Å². The third kappa shape index (κ3) is 2.60. The van der Waals surface area contributed by atoms with Gasteiger partial charge in [-0.25, -0.2) is 0 Å². The lowest BCUT2D eigenvalue weighted by atomic mass is 9.76. The van der Waals surface area contributed by atoms with E-state index >= 15 is 0 Å². The molecule has 3 aliphatic heterocycles. The summed E-state index contributed by atoms with van der Waals surface area (Å²) in [5.74, 6) is 1.62. The minimum atomic E-state index is 0.728. The number of nitrogens with one attached hydrogen (secondary N) is 1. The Morgan fingerprint density at radius 2 is 1.96 bits per heavy atom. The molecule has 3 aliphatic rings. The topological polar surface area (TPSA) is 20.2 Å². The van der Waals surface area contributed by atoms with Crippen molar-refractivity contribution in [2.45, 2.75) is 32.1 Å². The molecular weight excluding hydrogens is 282 g/mol. The zero-order valence-electron chi connectivity index (χ0n) is 14.5. The van der Waals surface area contributed by atoms with E-state index in [2.05, 4.69) is 53.0 Å². The number of para-hydroxylation sites is 1. The lowest BCUT2D eigenvalue weighted by Gasteiger charge is -2.45. The molecule has 3 saturated heterocycles. The van der Waals surface area contributed by atoms with Crippen molar-refractivity contribution in [3.8, 4) is 0 Å². The van der Waals surface area contributed by atoms with Crippen molar-refractivity contribution in [2.24, 2.45) is 13.0 Å². The Bertz CT molecular complexity index is 679. The molecule has 0 saturated carbocycles. The summed E-state index contributed by atoms with van der Waals surface area (Å²) in [5.41, 5.74) is 4.63. The van der Waals surface area contributed by atoms with Crippen LogP contribution in [-0.4, -0.2) is 42.2 Å². The van der Waals surface area contributed by atoms with Crippen molar-refractivity contribution in [3.63, 3.8) is 0 Å². The van der Waals surface area contributed by atoms with Crippen molar-refractivity contribution in [3.05, 3.63) is 35.5 Å². The molecule has 1 aromatic heterocycles. The minimum Gasteiger partial charge on any atom is -0.347 e. The van der Waals surface area contributed by atoms with Gasteiger partial charge in [0.1, 0.15) is 0 Å². The van der Waals surface area contributed by atoms with Gasteiger partial charge in [-0.2, -0.15) is 0 Å². The summed E-state index contributed by atoms with van der Waals surface area (Å²) in [6, 6.07) is 8.98. The lowest BCUT2D eigenvalue weighted by molar-refractivity contribution is 0.0841. The van der Waals surface area contributed by atoms with E-state index in [1.165, 1.54) is 43.4 Å². The fourth-order valence-corrected chi connectivity index (χ4v) is 4.89. The quantitative estimate of drug-likeness (QED) is 0.856. The molecule has 2 bridgehead atoms. The maximum absolute atomic E-state index is 3.52. The first-order valence-corrected chi connectivity index (χ1v) is 9.28. The first-order chi connectivity index (χ1) is 11.3. The van der Waals surface area contributed by atoms with Crippen LogP contribution in [0.5, 0.6) is 0 Å². The van der Waals surface area contributed by atoms with Crippen LogP contribution in [0.25, 0.3) is 10.9 Å². The van der Waals surface area contributed by atoms with Crippen molar-refractivity contribution >= 4 is 10.9 Å². The van der Waals surface area contributed by atoms with Crippen LogP contribution in [0.15, 0.2) is 24.3 Å². The highest BCUT2D eigenvalue weighted by atomic mass is 15.2. The van der Waals surface area contributed by atoms with Gasteiger partial charge in [-0.15, -0.1) is 0 Å². The van der Waals surface area contributed by atoms with Gasteiger partial charge >= 0.3 is 0 Å². The number of piperidine rings is 3. The molecule has 1 aromatic carbocycles. The van der Waals surface area contributed by atoms with Gasteiger partial charge in [-0.05, 0) is 63.0 Å². The number of nitrogens with zero attached hydrogens (tertiary/aromatic N) is 2. The number of rotatable bonds is 5. The van der Waals surface area contributed by atoms with E-state index in [9.17, 15) is 0 Å². The fraction of sp³-hybridized carbons (Fsp3) is 0.600. The van der Waals surface area contributed by atoms with Crippen LogP contribution in [0.3, 0.4) is 0 Å². The third-order valence-electron chi connectivity index (χ3n) is 6.07. The molecule has 23 heavy (non-hydrogen) atoms. The van der Waals surface area contributed by atoms with E-state index in [4.69, 9.17) is 0 Å².